The summed E-state index contributed by atoms with van der Waals surface area (Å²) in [6, 6.07) is 5.39. The predicted molar refractivity (Wildman–Crippen MR) is 97.7 cm³/mol. The molecule has 1 fully saturated rings. The molecule has 1 aromatic rings. The predicted octanol–water partition coefficient (Wildman–Crippen LogP) is 1.77. The lowest BCUT2D eigenvalue weighted by atomic mass is 10.1. The van der Waals surface area contributed by atoms with Gasteiger partial charge in [0.2, 0.25) is 11.8 Å². The summed E-state index contributed by atoms with van der Waals surface area (Å²) in [6.45, 7) is 10.1. The third-order valence-corrected chi connectivity index (χ3v) is 4.15. The van der Waals surface area contributed by atoms with Crippen LogP contribution in [0.15, 0.2) is 18.2 Å². The summed E-state index contributed by atoms with van der Waals surface area (Å²) in [6.07, 6.45) is 0. The summed E-state index contributed by atoms with van der Waals surface area (Å²) in [7, 11) is 0. The molecule has 1 aliphatic heterocycles. The molecule has 1 aliphatic rings. The number of piperazine rings is 1. The molecule has 7 nitrogen and oxygen atoms in total. The van der Waals surface area contributed by atoms with Gasteiger partial charge in [-0.15, -0.1) is 0 Å². The fourth-order valence-corrected chi connectivity index (χ4v) is 2.93. The van der Waals surface area contributed by atoms with Gasteiger partial charge in [0.1, 0.15) is 0 Å². The molecular formula is C18H26N4O3. The second kappa shape index (κ2) is 8.11. The van der Waals surface area contributed by atoms with Crippen molar-refractivity contribution in [2.75, 3.05) is 36.8 Å². The summed E-state index contributed by atoms with van der Waals surface area (Å²) in [5.74, 6) is -0.560. The van der Waals surface area contributed by atoms with Crippen molar-refractivity contribution < 1.29 is 14.4 Å². The van der Waals surface area contributed by atoms with Crippen LogP contribution < -0.4 is 10.6 Å². The number of carbonyl (C=O) groups is 3. The van der Waals surface area contributed by atoms with Gasteiger partial charge in [0.25, 0.3) is 5.91 Å². The minimum atomic E-state index is -0.232. The van der Waals surface area contributed by atoms with Crippen LogP contribution in [0, 0.1) is 0 Å². The van der Waals surface area contributed by atoms with Gasteiger partial charge in [0, 0.05) is 63.0 Å². The Labute approximate surface area is 148 Å². The molecule has 3 amide bonds. The Morgan fingerprint density at radius 2 is 1.36 bits per heavy atom. The molecule has 0 atom stereocenters. The van der Waals surface area contributed by atoms with Crippen molar-refractivity contribution in [3.8, 4) is 0 Å². The zero-order valence-corrected chi connectivity index (χ0v) is 15.3. The molecule has 7 heteroatoms. The highest BCUT2D eigenvalue weighted by molar-refractivity contribution is 6.00. The summed E-state index contributed by atoms with van der Waals surface area (Å²) in [5.41, 5.74) is 1.43. The number of benzene rings is 1. The van der Waals surface area contributed by atoms with E-state index in [4.69, 9.17) is 0 Å². The first kappa shape index (κ1) is 18.9. The molecule has 0 aromatic heterocycles. The molecule has 0 saturated carbocycles. The van der Waals surface area contributed by atoms with Crippen LogP contribution >= 0.6 is 0 Å². The van der Waals surface area contributed by atoms with E-state index in [0.717, 1.165) is 13.1 Å². The molecule has 0 unspecified atom stereocenters. The van der Waals surface area contributed by atoms with Crippen molar-refractivity contribution in [2.45, 2.75) is 33.7 Å². The molecule has 2 rings (SSSR count). The van der Waals surface area contributed by atoms with Gasteiger partial charge in [0.05, 0.1) is 0 Å². The monoisotopic (exact) mass is 346 g/mol. The van der Waals surface area contributed by atoms with Gasteiger partial charge in [-0.2, -0.15) is 0 Å². The van der Waals surface area contributed by atoms with E-state index in [1.165, 1.54) is 13.8 Å². The highest BCUT2D eigenvalue weighted by atomic mass is 16.2. The van der Waals surface area contributed by atoms with E-state index in [1.54, 1.807) is 18.2 Å². The molecule has 2 N–H and O–H groups in total. The van der Waals surface area contributed by atoms with Gasteiger partial charge in [-0.05, 0) is 32.0 Å². The Bertz CT molecular complexity index is 630. The Balaban J connectivity index is 2.20. The third-order valence-electron chi connectivity index (χ3n) is 4.15. The van der Waals surface area contributed by atoms with Crippen LogP contribution in [0.5, 0.6) is 0 Å². The van der Waals surface area contributed by atoms with E-state index in [0.29, 0.717) is 36.1 Å². The Morgan fingerprint density at radius 3 is 1.76 bits per heavy atom. The van der Waals surface area contributed by atoms with Gasteiger partial charge in [-0.1, -0.05) is 0 Å². The maximum atomic E-state index is 12.8. The van der Waals surface area contributed by atoms with Crippen molar-refractivity contribution >= 4 is 29.1 Å². The van der Waals surface area contributed by atoms with Gasteiger partial charge in [-0.25, -0.2) is 0 Å². The topological polar surface area (TPSA) is 81.8 Å². The highest BCUT2D eigenvalue weighted by Crippen LogP contribution is 2.21. The molecule has 0 bridgehead atoms. The van der Waals surface area contributed by atoms with Crippen LogP contribution in [0.25, 0.3) is 0 Å². The summed E-state index contributed by atoms with van der Waals surface area (Å²) >= 11 is 0. The maximum Gasteiger partial charge on any atom is 0.254 e. The van der Waals surface area contributed by atoms with Crippen molar-refractivity contribution in [2.24, 2.45) is 0 Å². The van der Waals surface area contributed by atoms with Gasteiger partial charge in [-0.3, -0.25) is 19.3 Å². The first-order chi connectivity index (χ1) is 11.8. The van der Waals surface area contributed by atoms with Gasteiger partial charge in [0.15, 0.2) is 0 Å². The second-order valence-electron chi connectivity index (χ2n) is 6.58. The molecule has 1 saturated heterocycles. The lowest BCUT2D eigenvalue weighted by Crippen LogP contribution is -2.50. The fraction of sp³-hybridized carbons (Fsp3) is 0.500. The third kappa shape index (κ3) is 5.29. The number of rotatable bonds is 4. The fourth-order valence-electron chi connectivity index (χ4n) is 2.93. The zero-order chi connectivity index (χ0) is 18.6. The molecule has 25 heavy (non-hydrogen) atoms. The number of carbonyl (C=O) groups excluding carboxylic acids is 3. The lowest BCUT2D eigenvalue weighted by molar-refractivity contribution is -0.115. The van der Waals surface area contributed by atoms with Crippen molar-refractivity contribution in [3.63, 3.8) is 0 Å². The van der Waals surface area contributed by atoms with Crippen molar-refractivity contribution in [3.05, 3.63) is 23.8 Å². The second-order valence-corrected chi connectivity index (χ2v) is 6.58. The summed E-state index contributed by atoms with van der Waals surface area (Å²) in [4.78, 5) is 39.6. The van der Waals surface area contributed by atoms with Crippen molar-refractivity contribution in [1.82, 2.24) is 9.80 Å². The highest BCUT2D eigenvalue weighted by Gasteiger charge is 2.24. The van der Waals surface area contributed by atoms with E-state index in [2.05, 4.69) is 29.4 Å². The number of nitrogens with one attached hydrogen (secondary N) is 2. The first-order valence-electron chi connectivity index (χ1n) is 8.50. The molecule has 0 spiro atoms. The number of amides is 3. The van der Waals surface area contributed by atoms with Crippen LogP contribution in [0.2, 0.25) is 0 Å². The quantitative estimate of drug-likeness (QED) is 0.870. The number of nitrogens with zero attached hydrogens (tertiary/aromatic N) is 2. The van der Waals surface area contributed by atoms with Crippen LogP contribution in [0.3, 0.4) is 0 Å². The summed E-state index contributed by atoms with van der Waals surface area (Å²) < 4.78 is 0. The smallest absolute Gasteiger partial charge is 0.254 e. The Hall–Kier alpha value is -2.41. The molecule has 1 aromatic carbocycles. The molecule has 0 radical (unpaired) electrons. The Kier molecular flexibility index (Phi) is 6.14. The molecule has 0 aliphatic carbocycles. The molecular weight excluding hydrogens is 320 g/mol. The normalized spacial score (nSPS) is 15.2. The lowest BCUT2D eigenvalue weighted by Gasteiger charge is -2.37. The van der Waals surface area contributed by atoms with E-state index in [9.17, 15) is 14.4 Å². The van der Waals surface area contributed by atoms with E-state index in [1.807, 2.05) is 4.90 Å². The SMILES string of the molecule is CC(=O)Nc1cc(NC(C)=O)cc(C(=O)N2CCN(C(C)C)CC2)c1. The minimum absolute atomic E-state index is 0.0952. The van der Waals surface area contributed by atoms with E-state index < -0.39 is 0 Å². The van der Waals surface area contributed by atoms with Gasteiger partial charge >= 0.3 is 0 Å². The maximum absolute atomic E-state index is 12.8. The molecule has 136 valence electrons. The van der Waals surface area contributed by atoms with Crippen LogP contribution in [0.1, 0.15) is 38.1 Å². The van der Waals surface area contributed by atoms with Gasteiger partial charge < -0.3 is 15.5 Å². The van der Waals surface area contributed by atoms with Crippen LogP contribution in [-0.4, -0.2) is 59.7 Å². The van der Waals surface area contributed by atoms with Crippen LogP contribution in [0.4, 0.5) is 11.4 Å². The van der Waals surface area contributed by atoms with E-state index in [-0.39, 0.29) is 17.7 Å². The number of hydrogen-bond donors (Lipinski definition) is 2. The largest absolute Gasteiger partial charge is 0.336 e. The number of anilines is 2. The van der Waals surface area contributed by atoms with Crippen molar-refractivity contribution in [1.29, 1.82) is 0 Å². The average molecular weight is 346 g/mol. The van der Waals surface area contributed by atoms with Crippen LogP contribution in [-0.2, 0) is 9.59 Å². The summed E-state index contributed by atoms with van der Waals surface area (Å²) in [5, 5.41) is 5.34. The average Bonchev–Trinajstić information content (AvgIpc) is 2.52. The molecule has 1 heterocycles. The standard InChI is InChI=1S/C18H26N4O3/c1-12(2)21-5-7-22(8-6-21)18(25)15-9-16(19-13(3)23)11-17(10-15)20-14(4)24/h9-12H,5-8H2,1-4H3,(H,19,23)(H,20,24). The minimum Gasteiger partial charge on any atom is -0.336 e. The zero-order valence-electron chi connectivity index (χ0n) is 15.3. The first-order valence-corrected chi connectivity index (χ1v) is 8.50. The van der Waals surface area contributed by atoms with E-state index >= 15 is 0 Å². The number of hydrogen-bond acceptors (Lipinski definition) is 4. The Morgan fingerprint density at radius 1 is 0.880 bits per heavy atom.